The number of nitrogens with zero attached hydrogens (tertiary/aromatic N) is 1. The van der Waals surface area contributed by atoms with Crippen LogP contribution in [0, 0.1) is 0 Å². The van der Waals surface area contributed by atoms with Gasteiger partial charge in [0.1, 0.15) is 5.75 Å². The van der Waals surface area contributed by atoms with Crippen LogP contribution in [0.25, 0.3) is 0 Å². The van der Waals surface area contributed by atoms with Gasteiger partial charge in [-0.3, -0.25) is 4.79 Å². The van der Waals surface area contributed by atoms with Crippen LogP contribution < -0.4 is 4.74 Å². The summed E-state index contributed by atoms with van der Waals surface area (Å²) in [5.74, 6) is 1.83. The van der Waals surface area contributed by atoms with Crippen molar-refractivity contribution in [2.24, 2.45) is 0 Å². The fraction of sp³-hybridized carbons (Fsp3) is 0.435. The average Bonchev–Trinajstić information content (AvgIpc) is 2.72. The number of aryl methyl sites for hydroxylation is 1. The second-order valence-corrected chi connectivity index (χ2v) is 7.12. The third-order valence-electron chi connectivity index (χ3n) is 5.36. The fourth-order valence-corrected chi connectivity index (χ4v) is 3.78. The molecule has 0 bridgehead atoms. The van der Waals surface area contributed by atoms with E-state index >= 15 is 0 Å². The zero-order valence-electron chi connectivity index (χ0n) is 15.7. The summed E-state index contributed by atoms with van der Waals surface area (Å²) in [6, 6.07) is 18.9. The van der Waals surface area contributed by atoms with E-state index in [-0.39, 0.29) is 0 Å². The SMILES string of the molecule is COc1cccc(CCCCC(=O)N2CCC(c3ccccc3)CC2)c1. The maximum Gasteiger partial charge on any atom is 0.222 e. The Hall–Kier alpha value is -2.29. The number of methoxy groups -OCH3 is 1. The molecule has 3 heteroatoms. The lowest BCUT2D eigenvalue weighted by atomic mass is 9.89. The lowest BCUT2D eigenvalue weighted by Crippen LogP contribution is -2.37. The lowest BCUT2D eigenvalue weighted by Gasteiger charge is -2.32. The van der Waals surface area contributed by atoms with Crippen molar-refractivity contribution in [1.82, 2.24) is 4.90 Å². The van der Waals surface area contributed by atoms with E-state index in [1.54, 1.807) is 7.11 Å². The molecule has 1 fully saturated rings. The summed E-state index contributed by atoms with van der Waals surface area (Å²) in [4.78, 5) is 14.5. The zero-order chi connectivity index (χ0) is 18.2. The van der Waals surface area contributed by atoms with E-state index < -0.39 is 0 Å². The van der Waals surface area contributed by atoms with Crippen LogP contribution in [0.15, 0.2) is 54.6 Å². The monoisotopic (exact) mass is 351 g/mol. The van der Waals surface area contributed by atoms with Gasteiger partial charge in [-0.25, -0.2) is 0 Å². The van der Waals surface area contributed by atoms with Gasteiger partial charge in [-0.2, -0.15) is 0 Å². The highest BCUT2D eigenvalue weighted by Gasteiger charge is 2.23. The van der Waals surface area contributed by atoms with Gasteiger partial charge in [0.05, 0.1) is 7.11 Å². The Morgan fingerprint density at radius 2 is 1.81 bits per heavy atom. The zero-order valence-corrected chi connectivity index (χ0v) is 15.7. The number of carbonyl (C=O) groups excluding carboxylic acids is 1. The Morgan fingerprint density at radius 1 is 1.04 bits per heavy atom. The predicted octanol–water partition coefficient (Wildman–Crippen LogP) is 4.81. The van der Waals surface area contributed by atoms with Gasteiger partial charge in [0, 0.05) is 19.5 Å². The van der Waals surface area contributed by atoms with E-state index in [1.807, 2.05) is 12.1 Å². The lowest BCUT2D eigenvalue weighted by molar-refractivity contribution is -0.132. The molecule has 1 amide bonds. The Balaban J connectivity index is 1.36. The molecule has 0 aliphatic carbocycles. The molecule has 0 atom stereocenters. The minimum Gasteiger partial charge on any atom is -0.497 e. The van der Waals surface area contributed by atoms with Crippen molar-refractivity contribution in [3.05, 3.63) is 65.7 Å². The molecule has 2 aromatic carbocycles. The molecule has 0 N–H and O–H groups in total. The summed E-state index contributed by atoms with van der Waals surface area (Å²) >= 11 is 0. The van der Waals surface area contributed by atoms with Crippen molar-refractivity contribution in [1.29, 1.82) is 0 Å². The highest BCUT2D eigenvalue weighted by atomic mass is 16.5. The standard InChI is InChI=1S/C23H29NO2/c1-26-22-12-7-9-19(18-22)8-5-6-13-23(25)24-16-14-21(15-17-24)20-10-3-2-4-11-20/h2-4,7,9-12,18,21H,5-6,8,13-17H2,1H3. The van der Waals surface area contributed by atoms with Crippen LogP contribution in [-0.4, -0.2) is 31.0 Å². The second kappa shape index (κ2) is 9.42. The molecule has 26 heavy (non-hydrogen) atoms. The molecule has 2 aromatic rings. The number of rotatable bonds is 7. The van der Waals surface area contributed by atoms with E-state index in [1.165, 1.54) is 11.1 Å². The molecule has 1 saturated heterocycles. The van der Waals surface area contributed by atoms with E-state index in [0.29, 0.717) is 18.2 Å². The first-order chi connectivity index (χ1) is 12.8. The van der Waals surface area contributed by atoms with Crippen molar-refractivity contribution in [3.8, 4) is 5.75 Å². The molecule has 1 heterocycles. The predicted molar refractivity (Wildman–Crippen MR) is 106 cm³/mol. The summed E-state index contributed by atoms with van der Waals surface area (Å²) in [5.41, 5.74) is 2.69. The van der Waals surface area contributed by atoms with Crippen LogP contribution in [0.5, 0.6) is 5.75 Å². The minimum atomic E-state index is 0.321. The first kappa shape index (κ1) is 18.5. The van der Waals surface area contributed by atoms with E-state index in [4.69, 9.17) is 4.74 Å². The fourth-order valence-electron chi connectivity index (χ4n) is 3.78. The van der Waals surface area contributed by atoms with Crippen molar-refractivity contribution in [2.75, 3.05) is 20.2 Å². The third kappa shape index (κ3) is 5.10. The molecule has 1 aliphatic rings. The summed E-state index contributed by atoms with van der Waals surface area (Å²) < 4.78 is 5.26. The average molecular weight is 351 g/mol. The van der Waals surface area contributed by atoms with Crippen molar-refractivity contribution in [3.63, 3.8) is 0 Å². The van der Waals surface area contributed by atoms with Crippen LogP contribution in [0.2, 0.25) is 0 Å². The van der Waals surface area contributed by atoms with E-state index in [2.05, 4.69) is 47.4 Å². The Morgan fingerprint density at radius 3 is 2.54 bits per heavy atom. The Labute approximate surface area is 157 Å². The molecule has 0 saturated carbocycles. The van der Waals surface area contributed by atoms with Gasteiger partial charge in [-0.15, -0.1) is 0 Å². The summed E-state index contributed by atoms with van der Waals surface area (Å²) in [7, 11) is 1.69. The number of piperidine rings is 1. The van der Waals surface area contributed by atoms with Crippen molar-refractivity contribution < 1.29 is 9.53 Å². The maximum atomic E-state index is 12.5. The first-order valence-electron chi connectivity index (χ1n) is 9.72. The third-order valence-corrected chi connectivity index (χ3v) is 5.36. The topological polar surface area (TPSA) is 29.5 Å². The van der Waals surface area contributed by atoms with E-state index in [0.717, 1.165) is 50.9 Å². The first-order valence-corrected chi connectivity index (χ1v) is 9.72. The number of benzene rings is 2. The molecule has 1 aliphatic heterocycles. The molecule has 138 valence electrons. The number of unbranched alkanes of at least 4 members (excludes halogenated alkanes) is 1. The molecule has 0 spiro atoms. The van der Waals surface area contributed by atoms with Crippen LogP contribution in [-0.2, 0) is 11.2 Å². The highest BCUT2D eigenvalue weighted by Crippen LogP contribution is 2.28. The van der Waals surface area contributed by atoms with Crippen molar-refractivity contribution in [2.45, 2.75) is 44.4 Å². The Kier molecular flexibility index (Phi) is 6.70. The van der Waals surface area contributed by atoms with Gasteiger partial charge < -0.3 is 9.64 Å². The number of hydrogen-bond donors (Lipinski definition) is 0. The maximum absolute atomic E-state index is 12.5. The minimum absolute atomic E-state index is 0.321. The number of hydrogen-bond acceptors (Lipinski definition) is 2. The number of ether oxygens (including phenoxy) is 1. The largest absolute Gasteiger partial charge is 0.497 e. The van der Waals surface area contributed by atoms with Crippen LogP contribution in [0.1, 0.15) is 49.1 Å². The normalized spacial score (nSPS) is 15.0. The van der Waals surface area contributed by atoms with Crippen LogP contribution in [0.4, 0.5) is 0 Å². The highest BCUT2D eigenvalue weighted by molar-refractivity contribution is 5.76. The molecule has 3 nitrogen and oxygen atoms in total. The van der Waals surface area contributed by atoms with Gasteiger partial charge in [-0.05, 0) is 61.3 Å². The molecule has 0 aromatic heterocycles. The van der Waals surface area contributed by atoms with Crippen LogP contribution in [0.3, 0.4) is 0 Å². The van der Waals surface area contributed by atoms with Gasteiger partial charge >= 0.3 is 0 Å². The molecule has 0 unspecified atom stereocenters. The van der Waals surface area contributed by atoms with Gasteiger partial charge in [-0.1, -0.05) is 42.5 Å². The van der Waals surface area contributed by atoms with Crippen molar-refractivity contribution >= 4 is 5.91 Å². The van der Waals surface area contributed by atoms with Gasteiger partial charge in [0.2, 0.25) is 5.91 Å². The summed E-state index contributed by atoms with van der Waals surface area (Å²) in [6.45, 7) is 1.79. The smallest absolute Gasteiger partial charge is 0.222 e. The molecule has 0 radical (unpaired) electrons. The number of likely N-dealkylation sites (tertiary alicyclic amines) is 1. The number of amides is 1. The van der Waals surface area contributed by atoms with Gasteiger partial charge in [0.25, 0.3) is 0 Å². The molecule has 3 rings (SSSR count). The summed E-state index contributed by atoms with van der Waals surface area (Å²) in [5, 5.41) is 0. The Bertz CT molecular complexity index is 690. The molecular weight excluding hydrogens is 322 g/mol. The van der Waals surface area contributed by atoms with E-state index in [9.17, 15) is 4.79 Å². The summed E-state index contributed by atoms with van der Waals surface area (Å²) in [6.07, 6.45) is 5.83. The van der Waals surface area contributed by atoms with Crippen LogP contribution >= 0.6 is 0 Å². The second-order valence-electron chi connectivity index (χ2n) is 7.12. The molecular formula is C23H29NO2. The van der Waals surface area contributed by atoms with Gasteiger partial charge in [0.15, 0.2) is 0 Å². The quantitative estimate of drug-likeness (QED) is 0.670. The number of carbonyl (C=O) groups is 1.